The van der Waals surface area contributed by atoms with Crippen molar-refractivity contribution in [2.24, 2.45) is 0 Å². The Morgan fingerprint density at radius 2 is 1.86 bits per heavy atom. The number of nitrogens with one attached hydrogen (secondary N) is 1. The average Bonchev–Trinajstić information content (AvgIpc) is 3.02. The van der Waals surface area contributed by atoms with Crippen LogP contribution in [-0.4, -0.2) is 13.4 Å². The van der Waals surface area contributed by atoms with E-state index in [2.05, 4.69) is 9.71 Å². The molecule has 7 heteroatoms. The Morgan fingerprint density at radius 1 is 1.09 bits per heavy atom. The summed E-state index contributed by atoms with van der Waals surface area (Å²) in [6.07, 6.45) is 2.83. The first-order chi connectivity index (χ1) is 10.5. The van der Waals surface area contributed by atoms with Crippen molar-refractivity contribution in [1.29, 1.82) is 0 Å². The second kappa shape index (κ2) is 5.61. The molecule has 2 aromatic carbocycles. The van der Waals surface area contributed by atoms with Crippen molar-refractivity contribution in [3.63, 3.8) is 0 Å². The number of hydrogen-bond acceptors (Lipinski definition) is 4. The van der Waals surface area contributed by atoms with E-state index in [4.69, 9.17) is 4.42 Å². The average molecular weight is 318 g/mol. The summed E-state index contributed by atoms with van der Waals surface area (Å²) in [5.41, 5.74) is 1.06. The first kappa shape index (κ1) is 14.3. The largest absolute Gasteiger partial charge is 0.444 e. The molecule has 3 aromatic rings. The number of sulfonamides is 1. The first-order valence-electron chi connectivity index (χ1n) is 6.32. The van der Waals surface area contributed by atoms with Gasteiger partial charge in [-0.2, -0.15) is 0 Å². The van der Waals surface area contributed by atoms with Crippen LogP contribution in [0.3, 0.4) is 0 Å². The molecule has 0 fully saturated rings. The number of rotatable bonds is 4. The normalized spacial score (nSPS) is 11.3. The smallest absolute Gasteiger partial charge is 0.261 e. The second-order valence-corrected chi connectivity index (χ2v) is 6.19. The van der Waals surface area contributed by atoms with Crippen LogP contribution in [0.1, 0.15) is 0 Å². The van der Waals surface area contributed by atoms with E-state index >= 15 is 0 Å². The maximum atomic E-state index is 12.9. The Labute approximate surface area is 126 Å². The van der Waals surface area contributed by atoms with E-state index in [1.165, 1.54) is 24.7 Å². The van der Waals surface area contributed by atoms with Crippen LogP contribution in [0, 0.1) is 5.82 Å². The van der Waals surface area contributed by atoms with Crippen LogP contribution in [-0.2, 0) is 10.0 Å². The molecule has 0 unspecified atom stereocenters. The molecule has 0 radical (unpaired) electrons. The fourth-order valence-electron chi connectivity index (χ4n) is 1.92. The molecule has 0 spiro atoms. The van der Waals surface area contributed by atoms with Gasteiger partial charge in [0.05, 0.1) is 11.1 Å². The number of oxazole rings is 1. The Morgan fingerprint density at radius 3 is 2.55 bits per heavy atom. The van der Waals surface area contributed by atoms with E-state index in [0.29, 0.717) is 17.0 Å². The van der Waals surface area contributed by atoms with Crippen molar-refractivity contribution < 1.29 is 17.2 Å². The molecule has 0 aliphatic carbocycles. The van der Waals surface area contributed by atoms with E-state index in [1.54, 1.807) is 24.3 Å². The molecule has 1 aromatic heterocycles. The molecular weight excluding hydrogens is 307 g/mol. The molecule has 1 N–H and O–H groups in total. The van der Waals surface area contributed by atoms with Crippen LogP contribution < -0.4 is 4.72 Å². The summed E-state index contributed by atoms with van der Waals surface area (Å²) < 4.78 is 45.0. The van der Waals surface area contributed by atoms with Crippen molar-refractivity contribution in [3.8, 4) is 11.3 Å². The Bertz CT molecular complexity index is 875. The third kappa shape index (κ3) is 2.99. The van der Waals surface area contributed by atoms with Gasteiger partial charge in [-0.15, -0.1) is 0 Å². The molecule has 0 aliphatic rings. The van der Waals surface area contributed by atoms with E-state index in [-0.39, 0.29) is 4.90 Å². The highest BCUT2D eigenvalue weighted by molar-refractivity contribution is 7.92. The zero-order chi connectivity index (χ0) is 15.6. The summed E-state index contributed by atoms with van der Waals surface area (Å²) in [4.78, 5) is 3.80. The van der Waals surface area contributed by atoms with Crippen molar-refractivity contribution in [1.82, 2.24) is 4.98 Å². The summed E-state index contributed by atoms with van der Waals surface area (Å²) >= 11 is 0. The predicted molar refractivity (Wildman–Crippen MR) is 79.1 cm³/mol. The lowest BCUT2D eigenvalue weighted by Gasteiger charge is -2.09. The highest BCUT2D eigenvalue weighted by Gasteiger charge is 2.14. The second-order valence-electron chi connectivity index (χ2n) is 4.51. The first-order valence-corrected chi connectivity index (χ1v) is 7.80. The van der Waals surface area contributed by atoms with Crippen LogP contribution in [0.25, 0.3) is 11.3 Å². The highest BCUT2D eigenvalue weighted by Crippen LogP contribution is 2.24. The number of hydrogen-bond donors (Lipinski definition) is 1. The van der Waals surface area contributed by atoms with E-state index in [1.807, 2.05) is 0 Å². The topological polar surface area (TPSA) is 72.2 Å². The summed E-state index contributed by atoms with van der Waals surface area (Å²) in [6, 6.07) is 11.3. The van der Waals surface area contributed by atoms with Gasteiger partial charge in [0.1, 0.15) is 5.82 Å². The molecule has 22 heavy (non-hydrogen) atoms. The Hall–Kier alpha value is -2.67. The Balaban J connectivity index is 1.89. The minimum absolute atomic E-state index is 0.0148. The van der Waals surface area contributed by atoms with Gasteiger partial charge in [0.15, 0.2) is 12.2 Å². The maximum absolute atomic E-state index is 12.9. The zero-order valence-electron chi connectivity index (χ0n) is 11.2. The quantitative estimate of drug-likeness (QED) is 0.801. The third-order valence-corrected chi connectivity index (χ3v) is 4.35. The number of aromatic nitrogens is 1. The molecule has 0 saturated heterocycles. The van der Waals surface area contributed by atoms with Crippen LogP contribution in [0.5, 0.6) is 0 Å². The minimum atomic E-state index is -3.78. The van der Waals surface area contributed by atoms with Gasteiger partial charge < -0.3 is 4.42 Å². The molecule has 0 saturated carbocycles. The van der Waals surface area contributed by atoms with Gasteiger partial charge in [-0.3, -0.25) is 4.72 Å². The molecule has 0 aliphatic heterocycles. The fourth-order valence-corrected chi connectivity index (χ4v) is 2.97. The fraction of sp³-hybridized carbons (Fsp3) is 0. The summed E-state index contributed by atoms with van der Waals surface area (Å²) in [5, 5.41) is 0. The van der Waals surface area contributed by atoms with Crippen LogP contribution in [0.2, 0.25) is 0 Å². The third-order valence-electron chi connectivity index (χ3n) is 2.96. The van der Waals surface area contributed by atoms with Crippen molar-refractivity contribution in [3.05, 3.63) is 66.9 Å². The molecule has 112 valence electrons. The predicted octanol–water partition coefficient (Wildman–Crippen LogP) is 3.28. The molecule has 3 rings (SSSR count). The lowest BCUT2D eigenvalue weighted by atomic mass is 10.2. The summed E-state index contributed by atoms with van der Waals surface area (Å²) in [5.74, 6) is 0.0362. The van der Waals surface area contributed by atoms with Gasteiger partial charge in [-0.25, -0.2) is 17.8 Å². The molecule has 1 heterocycles. The van der Waals surface area contributed by atoms with Gasteiger partial charge in [0, 0.05) is 11.3 Å². The number of halogens is 1. The van der Waals surface area contributed by atoms with Crippen molar-refractivity contribution in [2.45, 2.75) is 4.90 Å². The summed E-state index contributed by atoms with van der Waals surface area (Å²) in [7, 11) is -3.78. The van der Waals surface area contributed by atoms with Crippen molar-refractivity contribution in [2.75, 3.05) is 4.72 Å². The lowest BCUT2D eigenvalue weighted by molar-refractivity contribution is 0.572. The van der Waals surface area contributed by atoms with Crippen LogP contribution in [0.4, 0.5) is 10.1 Å². The standard InChI is InChI=1S/C15H11FN2O3S/c16-12-4-6-14(7-5-12)22(19,20)18-13-3-1-2-11(8-13)15-9-17-10-21-15/h1-10,18H. The zero-order valence-corrected chi connectivity index (χ0v) is 12.0. The minimum Gasteiger partial charge on any atom is -0.444 e. The number of nitrogens with zero attached hydrogens (tertiary/aromatic N) is 1. The number of benzene rings is 2. The van der Waals surface area contributed by atoms with Crippen LogP contribution in [0.15, 0.2) is 70.4 Å². The molecule has 5 nitrogen and oxygen atoms in total. The van der Waals surface area contributed by atoms with Crippen molar-refractivity contribution >= 4 is 15.7 Å². The Kier molecular flexibility index (Phi) is 3.64. The van der Waals surface area contributed by atoms with Gasteiger partial charge in [-0.05, 0) is 36.4 Å². The van der Waals surface area contributed by atoms with Gasteiger partial charge >= 0.3 is 0 Å². The van der Waals surface area contributed by atoms with Gasteiger partial charge in [-0.1, -0.05) is 12.1 Å². The molecule has 0 bridgehead atoms. The SMILES string of the molecule is O=S(=O)(Nc1cccc(-c2cnco2)c1)c1ccc(F)cc1. The van der Waals surface area contributed by atoms with Crippen LogP contribution >= 0.6 is 0 Å². The van der Waals surface area contributed by atoms with Gasteiger partial charge in [0.2, 0.25) is 0 Å². The van der Waals surface area contributed by atoms with E-state index in [0.717, 1.165) is 12.1 Å². The highest BCUT2D eigenvalue weighted by atomic mass is 32.2. The maximum Gasteiger partial charge on any atom is 0.261 e. The van der Waals surface area contributed by atoms with Gasteiger partial charge in [0.25, 0.3) is 10.0 Å². The monoisotopic (exact) mass is 318 g/mol. The molecular formula is C15H11FN2O3S. The molecule has 0 atom stereocenters. The van der Waals surface area contributed by atoms with E-state index < -0.39 is 15.8 Å². The lowest BCUT2D eigenvalue weighted by Crippen LogP contribution is -2.12. The summed E-state index contributed by atoms with van der Waals surface area (Å²) in [6.45, 7) is 0. The molecule has 0 amide bonds. The number of anilines is 1. The van der Waals surface area contributed by atoms with E-state index in [9.17, 15) is 12.8 Å².